The average Bonchev–Trinajstić information content (AvgIpc) is 2.47. The Bertz CT molecular complexity index is 431. The van der Waals surface area contributed by atoms with Crippen LogP contribution in [0.15, 0.2) is 18.2 Å². The van der Waals surface area contributed by atoms with Crippen molar-refractivity contribution in [3.63, 3.8) is 0 Å². The summed E-state index contributed by atoms with van der Waals surface area (Å²) in [4.78, 5) is 0. The molecule has 0 radical (unpaired) electrons. The third-order valence-electron chi connectivity index (χ3n) is 4.97. The zero-order valence-corrected chi connectivity index (χ0v) is 12.3. The number of aliphatic hydroxyl groups is 1. The van der Waals surface area contributed by atoms with Gasteiger partial charge in [-0.15, -0.1) is 0 Å². The molecule has 100 valence electrons. The number of rotatable bonds is 3. The van der Waals surface area contributed by atoms with Crippen molar-refractivity contribution in [2.75, 3.05) is 6.61 Å². The second kappa shape index (κ2) is 4.70. The smallest absolute Gasteiger partial charge is 0.0471 e. The fourth-order valence-electron chi connectivity index (χ4n) is 3.66. The molecule has 1 aromatic carbocycles. The molecule has 1 heteroatoms. The van der Waals surface area contributed by atoms with Crippen molar-refractivity contribution in [1.82, 2.24) is 0 Å². The Morgan fingerprint density at radius 3 is 2.50 bits per heavy atom. The Balaban J connectivity index is 2.51. The van der Waals surface area contributed by atoms with Gasteiger partial charge in [0.05, 0.1) is 0 Å². The lowest BCUT2D eigenvalue weighted by molar-refractivity contribution is 0.285. The van der Waals surface area contributed by atoms with Crippen LogP contribution in [-0.2, 0) is 11.8 Å². The first-order valence-electron chi connectivity index (χ1n) is 7.13. The minimum absolute atomic E-state index is 0.240. The number of hydrogen-bond acceptors (Lipinski definition) is 1. The van der Waals surface area contributed by atoms with Crippen LogP contribution in [0, 0.1) is 11.8 Å². The molecule has 0 heterocycles. The number of hydrogen-bond donors (Lipinski definition) is 1. The van der Waals surface area contributed by atoms with E-state index in [1.807, 2.05) is 0 Å². The molecule has 0 saturated carbocycles. The van der Waals surface area contributed by atoms with Crippen molar-refractivity contribution in [3.8, 4) is 0 Å². The molecule has 2 unspecified atom stereocenters. The quantitative estimate of drug-likeness (QED) is 0.858. The number of benzene rings is 1. The van der Waals surface area contributed by atoms with Gasteiger partial charge in [-0.1, -0.05) is 52.8 Å². The van der Waals surface area contributed by atoms with Crippen LogP contribution in [0.3, 0.4) is 0 Å². The van der Waals surface area contributed by atoms with E-state index < -0.39 is 0 Å². The first-order chi connectivity index (χ1) is 8.39. The van der Waals surface area contributed by atoms with E-state index in [0.29, 0.717) is 17.8 Å². The first kappa shape index (κ1) is 13.6. The topological polar surface area (TPSA) is 20.2 Å². The molecule has 1 aliphatic rings. The average molecular weight is 246 g/mol. The molecule has 0 spiro atoms. The summed E-state index contributed by atoms with van der Waals surface area (Å²) in [5.74, 6) is 2.00. The molecule has 0 amide bonds. The van der Waals surface area contributed by atoms with E-state index >= 15 is 0 Å². The Kier molecular flexibility index (Phi) is 3.55. The maximum atomic E-state index is 9.10. The monoisotopic (exact) mass is 246 g/mol. The maximum Gasteiger partial charge on any atom is 0.0471 e. The van der Waals surface area contributed by atoms with Crippen molar-refractivity contribution in [1.29, 1.82) is 0 Å². The molecular formula is C17H26O. The molecule has 1 N–H and O–H groups in total. The summed E-state index contributed by atoms with van der Waals surface area (Å²) in [5, 5.41) is 9.10. The minimum atomic E-state index is 0.240. The van der Waals surface area contributed by atoms with Crippen LogP contribution in [0.4, 0.5) is 0 Å². The zero-order chi connectivity index (χ0) is 13.5. The van der Waals surface area contributed by atoms with Crippen LogP contribution in [0.5, 0.6) is 0 Å². The van der Waals surface area contributed by atoms with Crippen LogP contribution in [0.2, 0.25) is 0 Å². The Hall–Kier alpha value is -0.820. The summed E-state index contributed by atoms with van der Waals surface area (Å²) in [6.07, 6.45) is 0.771. The number of aliphatic hydroxyl groups excluding tert-OH is 1. The predicted octanol–water partition coefficient (Wildman–Crippen LogP) is 3.89. The van der Waals surface area contributed by atoms with Crippen LogP contribution in [0.25, 0.3) is 0 Å². The lowest BCUT2D eigenvalue weighted by Gasteiger charge is -2.29. The summed E-state index contributed by atoms with van der Waals surface area (Å²) < 4.78 is 0. The SMILES string of the molecule is CC(C)C1c2cc(CCO)ccc2C(C)(C)C1C. The minimum Gasteiger partial charge on any atom is -0.396 e. The molecule has 0 bridgehead atoms. The summed E-state index contributed by atoms with van der Waals surface area (Å²) in [6.45, 7) is 12.0. The van der Waals surface area contributed by atoms with Crippen molar-refractivity contribution >= 4 is 0 Å². The summed E-state index contributed by atoms with van der Waals surface area (Å²) in [6, 6.07) is 6.81. The van der Waals surface area contributed by atoms with Gasteiger partial charge in [-0.05, 0) is 46.3 Å². The normalized spacial score (nSPS) is 25.5. The van der Waals surface area contributed by atoms with Gasteiger partial charge in [0.1, 0.15) is 0 Å². The molecule has 1 aliphatic carbocycles. The van der Waals surface area contributed by atoms with E-state index in [4.69, 9.17) is 5.11 Å². The Labute approximate surface area is 111 Å². The van der Waals surface area contributed by atoms with Gasteiger partial charge >= 0.3 is 0 Å². The van der Waals surface area contributed by atoms with Crippen molar-refractivity contribution in [2.45, 2.75) is 52.4 Å². The zero-order valence-electron chi connectivity index (χ0n) is 12.3. The molecule has 2 atom stereocenters. The third-order valence-corrected chi connectivity index (χ3v) is 4.97. The maximum absolute atomic E-state index is 9.10. The summed E-state index contributed by atoms with van der Waals surface area (Å²) in [7, 11) is 0. The molecule has 18 heavy (non-hydrogen) atoms. The van der Waals surface area contributed by atoms with E-state index in [1.54, 1.807) is 0 Å². The van der Waals surface area contributed by atoms with E-state index in [-0.39, 0.29) is 12.0 Å². The standard InChI is InChI=1S/C17H26O/c1-11(2)16-12(3)17(4,5)15-7-6-13(8-9-18)10-14(15)16/h6-7,10-12,16,18H,8-9H2,1-5H3. The van der Waals surface area contributed by atoms with Gasteiger partial charge in [0.25, 0.3) is 0 Å². The highest BCUT2D eigenvalue weighted by Crippen LogP contribution is 2.53. The predicted molar refractivity (Wildman–Crippen MR) is 77.0 cm³/mol. The van der Waals surface area contributed by atoms with Crippen molar-refractivity contribution in [2.24, 2.45) is 11.8 Å². The van der Waals surface area contributed by atoms with Crippen LogP contribution < -0.4 is 0 Å². The molecule has 0 saturated heterocycles. The first-order valence-corrected chi connectivity index (χ1v) is 7.13. The number of fused-ring (bicyclic) bond motifs is 1. The fraction of sp³-hybridized carbons (Fsp3) is 0.647. The molecule has 0 aliphatic heterocycles. The Morgan fingerprint density at radius 2 is 1.94 bits per heavy atom. The third kappa shape index (κ3) is 1.99. The lowest BCUT2D eigenvalue weighted by atomic mass is 9.74. The highest BCUT2D eigenvalue weighted by Gasteiger charge is 2.44. The van der Waals surface area contributed by atoms with Gasteiger partial charge in [-0.25, -0.2) is 0 Å². The lowest BCUT2D eigenvalue weighted by Crippen LogP contribution is -2.24. The fourth-order valence-corrected chi connectivity index (χ4v) is 3.66. The Morgan fingerprint density at radius 1 is 1.28 bits per heavy atom. The van der Waals surface area contributed by atoms with Gasteiger partial charge < -0.3 is 5.11 Å². The van der Waals surface area contributed by atoms with Gasteiger partial charge in [0.2, 0.25) is 0 Å². The van der Waals surface area contributed by atoms with E-state index in [1.165, 1.54) is 16.7 Å². The molecular weight excluding hydrogens is 220 g/mol. The summed E-state index contributed by atoms with van der Waals surface area (Å²) in [5.41, 5.74) is 4.57. The van der Waals surface area contributed by atoms with Crippen LogP contribution in [0.1, 0.15) is 57.2 Å². The van der Waals surface area contributed by atoms with Gasteiger partial charge in [-0.3, -0.25) is 0 Å². The van der Waals surface area contributed by atoms with Gasteiger partial charge in [-0.2, -0.15) is 0 Å². The molecule has 0 aromatic heterocycles. The van der Waals surface area contributed by atoms with Crippen LogP contribution in [-0.4, -0.2) is 11.7 Å². The second-order valence-corrected chi connectivity index (χ2v) is 6.68. The van der Waals surface area contributed by atoms with E-state index in [0.717, 1.165) is 6.42 Å². The highest BCUT2D eigenvalue weighted by molar-refractivity contribution is 5.45. The van der Waals surface area contributed by atoms with E-state index in [2.05, 4.69) is 52.8 Å². The van der Waals surface area contributed by atoms with Gasteiger partial charge in [0, 0.05) is 6.61 Å². The van der Waals surface area contributed by atoms with Gasteiger partial charge in [0.15, 0.2) is 0 Å². The van der Waals surface area contributed by atoms with Crippen LogP contribution >= 0.6 is 0 Å². The summed E-state index contributed by atoms with van der Waals surface area (Å²) >= 11 is 0. The largest absolute Gasteiger partial charge is 0.396 e. The van der Waals surface area contributed by atoms with Crippen molar-refractivity contribution < 1.29 is 5.11 Å². The molecule has 1 aromatic rings. The highest BCUT2D eigenvalue weighted by atomic mass is 16.2. The molecule has 2 rings (SSSR count). The van der Waals surface area contributed by atoms with E-state index in [9.17, 15) is 0 Å². The second-order valence-electron chi connectivity index (χ2n) is 6.68. The molecule has 1 nitrogen and oxygen atoms in total. The molecule has 0 fully saturated rings. The van der Waals surface area contributed by atoms with Crippen molar-refractivity contribution in [3.05, 3.63) is 34.9 Å².